The molecule has 1 aliphatic heterocycles. The van der Waals surface area contributed by atoms with Gasteiger partial charge < -0.3 is 15.2 Å². The number of carbonyl (C=O) groups is 1. The van der Waals surface area contributed by atoms with Crippen molar-refractivity contribution in [2.24, 2.45) is 5.92 Å². The van der Waals surface area contributed by atoms with Gasteiger partial charge >= 0.3 is 0 Å². The van der Waals surface area contributed by atoms with Crippen LogP contribution in [-0.2, 0) is 0 Å². The zero-order valence-corrected chi connectivity index (χ0v) is 15.4. The van der Waals surface area contributed by atoms with Crippen molar-refractivity contribution < 1.29 is 4.79 Å². The van der Waals surface area contributed by atoms with E-state index in [4.69, 9.17) is 0 Å². The molecule has 1 amide bonds. The van der Waals surface area contributed by atoms with Gasteiger partial charge in [-0.3, -0.25) is 9.59 Å². The molecule has 6 heteroatoms. The molecule has 2 heterocycles. The van der Waals surface area contributed by atoms with Crippen LogP contribution in [0.5, 0.6) is 0 Å². The molecule has 128 valence electrons. The number of amides is 1. The summed E-state index contributed by atoms with van der Waals surface area (Å²) in [7, 11) is 0. The van der Waals surface area contributed by atoms with Crippen LogP contribution >= 0.6 is 15.9 Å². The Morgan fingerprint density at radius 1 is 1.33 bits per heavy atom. The molecular formula is C18H22BrN3O2. The zero-order valence-electron chi connectivity index (χ0n) is 13.8. The number of halogens is 1. The minimum absolute atomic E-state index is 0.0499. The largest absolute Gasteiger partial charge is 0.339 e. The van der Waals surface area contributed by atoms with Gasteiger partial charge in [0.25, 0.3) is 5.91 Å². The van der Waals surface area contributed by atoms with E-state index in [0.29, 0.717) is 17.0 Å². The molecule has 1 fully saturated rings. The summed E-state index contributed by atoms with van der Waals surface area (Å²) in [6, 6.07) is 6.98. The number of aromatic amines is 1. The summed E-state index contributed by atoms with van der Waals surface area (Å²) in [6.07, 6.45) is 2.01. The van der Waals surface area contributed by atoms with Crippen LogP contribution < -0.4 is 10.9 Å². The highest BCUT2D eigenvalue weighted by Gasteiger charge is 2.24. The molecule has 0 bridgehead atoms. The Hall–Kier alpha value is -1.66. The van der Waals surface area contributed by atoms with Gasteiger partial charge in [0.05, 0.1) is 5.56 Å². The lowest BCUT2D eigenvalue weighted by atomic mass is 9.96. The van der Waals surface area contributed by atoms with E-state index >= 15 is 0 Å². The summed E-state index contributed by atoms with van der Waals surface area (Å²) in [5.41, 5.74) is 0.937. The zero-order chi connectivity index (χ0) is 17.1. The third-order valence-electron chi connectivity index (χ3n) is 4.62. The quantitative estimate of drug-likeness (QED) is 0.841. The SMILES string of the molecule is CCNCC1CCN(C(=O)c2cc(=O)[nH]c3ccc(Br)cc23)CC1. The average molecular weight is 392 g/mol. The van der Waals surface area contributed by atoms with E-state index in [1.807, 2.05) is 23.1 Å². The van der Waals surface area contributed by atoms with Crippen molar-refractivity contribution in [3.05, 3.63) is 44.7 Å². The van der Waals surface area contributed by atoms with Crippen molar-refractivity contribution in [2.75, 3.05) is 26.2 Å². The van der Waals surface area contributed by atoms with E-state index in [2.05, 4.69) is 33.2 Å². The molecule has 2 aromatic rings. The Morgan fingerprint density at radius 2 is 2.08 bits per heavy atom. The average Bonchev–Trinajstić information content (AvgIpc) is 2.59. The van der Waals surface area contributed by atoms with Gasteiger partial charge in [-0.2, -0.15) is 0 Å². The van der Waals surface area contributed by atoms with Crippen molar-refractivity contribution >= 4 is 32.7 Å². The number of pyridine rings is 1. The molecule has 0 unspecified atom stereocenters. The van der Waals surface area contributed by atoms with E-state index in [1.165, 1.54) is 6.07 Å². The van der Waals surface area contributed by atoms with Gasteiger partial charge in [0.1, 0.15) is 0 Å². The number of H-pyrrole nitrogens is 1. The van der Waals surface area contributed by atoms with Gasteiger partial charge in [-0.05, 0) is 50.0 Å². The van der Waals surface area contributed by atoms with Crippen LogP contribution in [0, 0.1) is 5.92 Å². The first-order valence-electron chi connectivity index (χ1n) is 8.41. The maximum Gasteiger partial charge on any atom is 0.254 e. The highest BCUT2D eigenvalue weighted by Crippen LogP contribution is 2.24. The van der Waals surface area contributed by atoms with Crippen LogP contribution in [0.3, 0.4) is 0 Å². The molecule has 5 nitrogen and oxygen atoms in total. The molecule has 1 aromatic carbocycles. The third-order valence-corrected chi connectivity index (χ3v) is 5.11. The number of hydrogen-bond acceptors (Lipinski definition) is 3. The molecule has 0 radical (unpaired) electrons. The number of nitrogens with one attached hydrogen (secondary N) is 2. The lowest BCUT2D eigenvalue weighted by Crippen LogP contribution is -2.41. The third kappa shape index (κ3) is 3.70. The number of rotatable bonds is 4. The van der Waals surface area contributed by atoms with E-state index in [9.17, 15) is 9.59 Å². The Labute approximate surface area is 149 Å². The first-order chi connectivity index (χ1) is 11.6. The van der Waals surface area contributed by atoms with Gasteiger partial charge in [0, 0.05) is 34.5 Å². The van der Waals surface area contributed by atoms with E-state index in [1.54, 1.807) is 0 Å². The lowest BCUT2D eigenvalue weighted by Gasteiger charge is -2.32. The van der Waals surface area contributed by atoms with E-state index < -0.39 is 0 Å². The van der Waals surface area contributed by atoms with E-state index in [0.717, 1.165) is 48.9 Å². The fourth-order valence-electron chi connectivity index (χ4n) is 3.26. The predicted octanol–water partition coefficient (Wildman–Crippen LogP) is 2.75. The lowest BCUT2D eigenvalue weighted by molar-refractivity contribution is 0.0692. The Morgan fingerprint density at radius 3 is 2.79 bits per heavy atom. The minimum Gasteiger partial charge on any atom is -0.339 e. The van der Waals surface area contributed by atoms with Crippen molar-refractivity contribution in [1.82, 2.24) is 15.2 Å². The second-order valence-corrected chi connectivity index (χ2v) is 7.20. The molecular weight excluding hydrogens is 370 g/mol. The Bertz CT molecular complexity index is 794. The maximum absolute atomic E-state index is 12.9. The Kier molecular flexibility index (Phi) is 5.36. The number of aromatic nitrogens is 1. The van der Waals surface area contributed by atoms with Crippen LogP contribution in [-0.4, -0.2) is 42.0 Å². The summed E-state index contributed by atoms with van der Waals surface area (Å²) in [6.45, 7) is 5.59. The molecule has 0 atom stereocenters. The van der Waals surface area contributed by atoms with Gasteiger partial charge in [0.2, 0.25) is 5.56 Å². The van der Waals surface area contributed by atoms with Gasteiger partial charge in [-0.25, -0.2) is 0 Å². The van der Waals surface area contributed by atoms with Crippen molar-refractivity contribution in [3.8, 4) is 0 Å². The second-order valence-electron chi connectivity index (χ2n) is 6.28. The molecule has 1 aromatic heterocycles. The summed E-state index contributed by atoms with van der Waals surface area (Å²) in [5.74, 6) is 0.574. The number of fused-ring (bicyclic) bond motifs is 1. The van der Waals surface area contributed by atoms with Crippen LogP contribution in [0.2, 0.25) is 0 Å². The molecule has 2 N–H and O–H groups in total. The highest BCUT2D eigenvalue weighted by molar-refractivity contribution is 9.10. The number of likely N-dealkylation sites (tertiary alicyclic amines) is 1. The number of nitrogens with zero attached hydrogens (tertiary/aromatic N) is 1. The van der Waals surface area contributed by atoms with Crippen LogP contribution in [0.15, 0.2) is 33.5 Å². The van der Waals surface area contributed by atoms with Crippen molar-refractivity contribution in [1.29, 1.82) is 0 Å². The van der Waals surface area contributed by atoms with Crippen LogP contribution in [0.4, 0.5) is 0 Å². The standard InChI is InChI=1S/C18H22BrN3O2/c1-2-20-11-12-5-7-22(8-6-12)18(24)15-10-17(23)21-16-4-3-13(19)9-14(15)16/h3-4,9-10,12,20H,2,5-8,11H2,1H3,(H,21,23). The Balaban J connectivity index is 1.82. The van der Waals surface area contributed by atoms with Crippen molar-refractivity contribution in [3.63, 3.8) is 0 Å². The number of benzene rings is 1. The molecule has 24 heavy (non-hydrogen) atoms. The summed E-state index contributed by atoms with van der Waals surface area (Å²) in [5, 5.41) is 4.16. The van der Waals surface area contributed by atoms with Gasteiger partial charge in [-0.15, -0.1) is 0 Å². The first kappa shape index (κ1) is 17.2. The maximum atomic E-state index is 12.9. The second kappa shape index (κ2) is 7.49. The normalized spacial score (nSPS) is 15.8. The topological polar surface area (TPSA) is 65.2 Å². The monoisotopic (exact) mass is 391 g/mol. The summed E-state index contributed by atoms with van der Waals surface area (Å²) in [4.78, 5) is 29.5. The number of hydrogen-bond donors (Lipinski definition) is 2. The van der Waals surface area contributed by atoms with Crippen LogP contribution in [0.1, 0.15) is 30.1 Å². The fourth-order valence-corrected chi connectivity index (χ4v) is 3.62. The molecule has 1 aliphatic rings. The number of carbonyl (C=O) groups excluding carboxylic acids is 1. The summed E-state index contributed by atoms with van der Waals surface area (Å²) < 4.78 is 0.889. The van der Waals surface area contributed by atoms with Gasteiger partial charge in [0.15, 0.2) is 0 Å². The molecule has 0 aliphatic carbocycles. The fraction of sp³-hybridized carbons (Fsp3) is 0.444. The van der Waals surface area contributed by atoms with Crippen molar-refractivity contribution in [2.45, 2.75) is 19.8 Å². The van der Waals surface area contributed by atoms with Gasteiger partial charge in [-0.1, -0.05) is 22.9 Å². The molecule has 0 saturated carbocycles. The minimum atomic E-state index is -0.241. The first-order valence-corrected chi connectivity index (χ1v) is 9.20. The summed E-state index contributed by atoms with van der Waals surface area (Å²) >= 11 is 3.44. The van der Waals surface area contributed by atoms with Crippen LogP contribution in [0.25, 0.3) is 10.9 Å². The molecule has 1 saturated heterocycles. The molecule has 0 spiro atoms. The molecule has 3 rings (SSSR count). The smallest absolute Gasteiger partial charge is 0.254 e. The predicted molar refractivity (Wildman–Crippen MR) is 99.4 cm³/mol. The van der Waals surface area contributed by atoms with E-state index in [-0.39, 0.29) is 11.5 Å². The number of piperidine rings is 1. The highest BCUT2D eigenvalue weighted by atomic mass is 79.9.